The Bertz CT molecular complexity index is 533. The number of aryl methyl sites for hydroxylation is 1. The highest BCUT2D eigenvalue weighted by Gasteiger charge is 2.56. The van der Waals surface area contributed by atoms with Crippen molar-refractivity contribution in [2.24, 2.45) is 5.92 Å². The summed E-state index contributed by atoms with van der Waals surface area (Å²) in [5, 5.41) is 0. The van der Waals surface area contributed by atoms with Gasteiger partial charge < -0.3 is 9.15 Å². The van der Waals surface area contributed by atoms with E-state index in [0.29, 0.717) is 18.3 Å². The summed E-state index contributed by atoms with van der Waals surface area (Å²) in [6.07, 6.45) is 2.86. The second-order valence-corrected chi connectivity index (χ2v) is 6.16. The smallest absolute Gasteiger partial charge is 0.417 e. The van der Waals surface area contributed by atoms with E-state index in [1.54, 1.807) is 4.90 Å². The van der Waals surface area contributed by atoms with E-state index in [1.807, 2.05) is 19.1 Å². The number of piperidine rings is 3. The molecule has 2 bridgehead atoms. The van der Waals surface area contributed by atoms with E-state index in [-0.39, 0.29) is 11.7 Å². The van der Waals surface area contributed by atoms with Crippen LogP contribution < -0.4 is 4.90 Å². The lowest BCUT2D eigenvalue weighted by Crippen LogP contribution is -2.61. The number of nitrogens with zero attached hydrogens (tertiary/aromatic N) is 2. The molecule has 5 heterocycles. The molecule has 108 valence electrons. The summed E-state index contributed by atoms with van der Waals surface area (Å²) in [4.78, 5) is 16.3. The molecule has 1 aromatic heterocycles. The van der Waals surface area contributed by atoms with Crippen LogP contribution in [0, 0.1) is 5.92 Å². The number of carbonyl (C=O) groups is 1. The number of anilines is 1. The van der Waals surface area contributed by atoms with Gasteiger partial charge in [0.25, 0.3) is 0 Å². The molecule has 0 aliphatic carbocycles. The Balaban J connectivity index is 1.60. The lowest BCUT2D eigenvalue weighted by molar-refractivity contribution is -0.0881. The van der Waals surface area contributed by atoms with Crippen molar-refractivity contribution < 1.29 is 13.9 Å². The molecular weight excluding hydrogens is 256 g/mol. The van der Waals surface area contributed by atoms with Crippen molar-refractivity contribution in [1.82, 2.24) is 4.90 Å². The zero-order valence-corrected chi connectivity index (χ0v) is 11.8. The Kier molecular flexibility index (Phi) is 2.61. The van der Waals surface area contributed by atoms with Gasteiger partial charge in [0.15, 0.2) is 0 Å². The van der Waals surface area contributed by atoms with Gasteiger partial charge in [-0.3, -0.25) is 4.90 Å². The molecule has 20 heavy (non-hydrogen) atoms. The van der Waals surface area contributed by atoms with Gasteiger partial charge in [0, 0.05) is 24.9 Å². The third kappa shape index (κ3) is 1.69. The fourth-order valence-corrected chi connectivity index (χ4v) is 3.88. The summed E-state index contributed by atoms with van der Waals surface area (Å²) in [5.74, 6) is 2.03. The van der Waals surface area contributed by atoms with Gasteiger partial charge in [-0.15, -0.1) is 0 Å². The van der Waals surface area contributed by atoms with Crippen LogP contribution in [0.15, 0.2) is 16.5 Å². The van der Waals surface area contributed by atoms with Crippen molar-refractivity contribution in [2.75, 3.05) is 31.1 Å². The Morgan fingerprint density at radius 1 is 1.30 bits per heavy atom. The number of fused-ring (bicyclic) bond motifs is 2. The molecule has 0 N–H and O–H groups in total. The highest BCUT2D eigenvalue weighted by Crippen LogP contribution is 2.43. The van der Waals surface area contributed by atoms with E-state index < -0.39 is 0 Å². The van der Waals surface area contributed by atoms with E-state index >= 15 is 0 Å². The topological polar surface area (TPSA) is 45.9 Å². The molecular formula is C15H20N2O3. The van der Waals surface area contributed by atoms with Gasteiger partial charge in [-0.1, -0.05) is 6.92 Å². The van der Waals surface area contributed by atoms with Crippen molar-refractivity contribution in [3.8, 4) is 0 Å². The molecule has 4 saturated heterocycles. The Morgan fingerprint density at radius 2 is 2.10 bits per heavy atom. The zero-order chi connectivity index (χ0) is 13.7. The molecule has 4 aliphatic rings. The second kappa shape index (κ2) is 4.25. The van der Waals surface area contributed by atoms with E-state index in [9.17, 15) is 4.79 Å². The molecule has 5 nitrogen and oxygen atoms in total. The highest BCUT2D eigenvalue weighted by atomic mass is 16.6. The standard InChI is InChI=1S/C15H20N2O3/c1-2-12-3-4-13(19-12)17-10-15(20-14(17)18)9-16-7-5-11(15)6-8-16/h3-4,11H,2,5-10H2,1H3/t15-/m1/s1. The van der Waals surface area contributed by atoms with Gasteiger partial charge in [-0.25, -0.2) is 9.69 Å². The fourth-order valence-electron chi connectivity index (χ4n) is 3.88. The second-order valence-electron chi connectivity index (χ2n) is 6.16. The largest absolute Gasteiger partial charge is 0.445 e. The molecule has 1 atom stereocenters. The van der Waals surface area contributed by atoms with Gasteiger partial charge >= 0.3 is 6.09 Å². The molecule has 1 amide bonds. The van der Waals surface area contributed by atoms with Gasteiger partial charge in [-0.05, 0) is 32.0 Å². The van der Waals surface area contributed by atoms with Crippen LogP contribution in [0.1, 0.15) is 25.5 Å². The lowest BCUT2D eigenvalue weighted by Gasteiger charge is -2.49. The first-order chi connectivity index (χ1) is 9.70. The molecule has 1 spiro atoms. The summed E-state index contributed by atoms with van der Waals surface area (Å²) in [7, 11) is 0. The maximum atomic E-state index is 12.2. The summed E-state index contributed by atoms with van der Waals surface area (Å²) >= 11 is 0. The van der Waals surface area contributed by atoms with Crippen LogP contribution in [0.4, 0.5) is 10.7 Å². The zero-order valence-electron chi connectivity index (χ0n) is 11.8. The minimum absolute atomic E-state index is 0.254. The number of furan rings is 1. The number of hydrogen-bond acceptors (Lipinski definition) is 4. The predicted molar refractivity (Wildman–Crippen MR) is 73.8 cm³/mol. The van der Waals surface area contributed by atoms with Crippen LogP contribution in [0.25, 0.3) is 0 Å². The van der Waals surface area contributed by atoms with Crippen LogP contribution in [0.3, 0.4) is 0 Å². The minimum atomic E-state index is -0.313. The molecule has 0 unspecified atom stereocenters. The predicted octanol–water partition coefficient (Wildman–Crippen LogP) is 2.26. The first-order valence-electron chi connectivity index (χ1n) is 7.52. The van der Waals surface area contributed by atoms with Crippen molar-refractivity contribution in [3.63, 3.8) is 0 Å². The average molecular weight is 276 g/mol. The van der Waals surface area contributed by atoms with Crippen molar-refractivity contribution in [1.29, 1.82) is 0 Å². The number of amides is 1. The molecule has 5 rings (SSSR count). The molecule has 4 fully saturated rings. The van der Waals surface area contributed by atoms with Gasteiger partial charge in [0.05, 0.1) is 6.54 Å². The maximum Gasteiger partial charge on any atom is 0.417 e. The molecule has 0 saturated carbocycles. The van der Waals surface area contributed by atoms with Crippen LogP contribution in [-0.4, -0.2) is 42.8 Å². The van der Waals surface area contributed by atoms with Gasteiger partial charge in [-0.2, -0.15) is 0 Å². The maximum absolute atomic E-state index is 12.2. The Morgan fingerprint density at radius 3 is 2.70 bits per heavy atom. The van der Waals surface area contributed by atoms with Crippen LogP contribution >= 0.6 is 0 Å². The molecule has 1 aromatic rings. The summed E-state index contributed by atoms with van der Waals surface area (Å²) in [6, 6.07) is 3.81. The third-order valence-electron chi connectivity index (χ3n) is 5.02. The number of carbonyl (C=O) groups excluding carboxylic acids is 1. The summed E-state index contributed by atoms with van der Waals surface area (Å²) in [5.41, 5.74) is -0.313. The highest BCUT2D eigenvalue weighted by molar-refractivity contribution is 5.88. The third-order valence-corrected chi connectivity index (χ3v) is 5.02. The van der Waals surface area contributed by atoms with Gasteiger partial charge in [0.2, 0.25) is 5.88 Å². The van der Waals surface area contributed by atoms with Crippen LogP contribution in [0.5, 0.6) is 0 Å². The first-order valence-corrected chi connectivity index (χ1v) is 7.52. The minimum Gasteiger partial charge on any atom is -0.445 e. The van der Waals surface area contributed by atoms with Crippen molar-refractivity contribution in [3.05, 3.63) is 17.9 Å². The van der Waals surface area contributed by atoms with E-state index in [1.165, 1.54) is 0 Å². The SMILES string of the molecule is CCc1ccc(N2C[C@@]3(CN4CCC3CC4)OC2=O)o1. The quantitative estimate of drug-likeness (QED) is 0.831. The Hall–Kier alpha value is -1.49. The summed E-state index contributed by atoms with van der Waals surface area (Å²) < 4.78 is 11.5. The van der Waals surface area contributed by atoms with Crippen molar-refractivity contribution >= 4 is 12.0 Å². The van der Waals surface area contributed by atoms with Crippen LogP contribution in [0.2, 0.25) is 0 Å². The first kappa shape index (κ1) is 12.3. The number of rotatable bonds is 2. The molecule has 4 aliphatic heterocycles. The van der Waals surface area contributed by atoms with Crippen molar-refractivity contribution in [2.45, 2.75) is 31.8 Å². The monoisotopic (exact) mass is 276 g/mol. The molecule has 0 aromatic carbocycles. The average Bonchev–Trinajstić information content (AvgIpc) is 3.05. The lowest BCUT2D eigenvalue weighted by atomic mass is 9.75. The van der Waals surface area contributed by atoms with E-state index in [4.69, 9.17) is 9.15 Å². The fraction of sp³-hybridized carbons (Fsp3) is 0.667. The Labute approximate surface area is 118 Å². The van der Waals surface area contributed by atoms with Gasteiger partial charge in [0.1, 0.15) is 11.4 Å². The van der Waals surface area contributed by atoms with E-state index in [0.717, 1.165) is 44.7 Å². The normalized spacial score (nSPS) is 35.9. The molecule has 5 heteroatoms. The number of hydrogen-bond donors (Lipinski definition) is 0. The number of ether oxygens (including phenoxy) is 1. The van der Waals surface area contributed by atoms with Crippen LogP contribution in [-0.2, 0) is 11.2 Å². The molecule has 0 radical (unpaired) electrons. The summed E-state index contributed by atoms with van der Waals surface area (Å²) in [6.45, 7) is 5.83. The van der Waals surface area contributed by atoms with E-state index in [2.05, 4.69) is 4.90 Å².